The monoisotopic (exact) mass is 327 g/mol. The van der Waals surface area contributed by atoms with Gasteiger partial charge in [-0.05, 0) is 45.8 Å². The zero-order valence-corrected chi connectivity index (χ0v) is 12.3. The van der Waals surface area contributed by atoms with Gasteiger partial charge in [-0.15, -0.1) is 11.3 Å². The Hall–Kier alpha value is -1.04. The maximum atomic E-state index is 9.49. The largest absolute Gasteiger partial charge is 0.504 e. The average Bonchev–Trinajstić information content (AvgIpc) is 2.77. The highest BCUT2D eigenvalue weighted by atomic mass is 79.9. The fraction of sp³-hybridized carbons (Fsp3) is 0.231. The van der Waals surface area contributed by atoms with Crippen LogP contribution in [0.4, 0.5) is 0 Å². The fourth-order valence-electron chi connectivity index (χ4n) is 1.61. The van der Waals surface area contributed by atoms with E-state index in [1.54, 1.807) is 24.5 Å². The van der Waals surface area contributed by atoms with Crippen molar-refractivity contribution in [1.29, 1.82) is 0 Å². The Morgan fingerprint density at radius 2 is 2.11 bits per heavy atom. The Balaban J connectivity index is 1.90. The van der Waals surface area contributed by atoms with Gasteiger partial charge in [0.2, 0.25) is 0 Å². The van der Waals surface area contributed by atoms with E-state index in [0.29, 0.717) is 5.75 Å². The molecule has 3 nitrogen and oxygen atoms in total. The number of hydrogen-bond donors (Lipinski definition) is 2. The van der Waals surface area contributed by atoms with Crippen LogP contribution in [0.2, 0.25) is 0 Å². The topological polar surface area (TPSA) is 41.5 Å². The van der Waals surface area contributed by atoms with Gasteiger partial charge in [-0.2, -0.15) is 0 Å². The molecule has 0 bridgehead atoms. The minimum atomic E-state index is 0.170. The lowest BCUT2D eigenvalue weighted by Gasteiger charge is -2.07. The van der Waals surface area contributed by atoms with Crippen molar-refractivity contribution in [3.8, 4) is 11.5 Å². The summed E-state index contributed by atoms with van der Waals surface area (Å²) in [5.74, 6) is 0.677. The van der Waals surface area contributed by atoms with Crippen molar-refractivity contribution >= 4 is 27.3 Å². The zero-order valence-electron chi connectivity index (χ0n) is 9.94. The van der Waals surface area contributed by atoms with E-state index < -0.39 is 0 Å². The second-order valence-corrected chi connectivity index (χ2v) is 6.36. The summed E-state index contributed by atoms with van der Waals surface area (Å²) >= 11 is 5.16. The molecule has 0 saturated carbocycles. The van der Waals surface area contributed by atoms with Crippen LogP contribution >= 0.6 is 27.3 Å². The first-order valence-corrected chi connectivity index (χ1v) is 7.11. The number of rotatable bonds is 5. The van der Waals surface area contributed by atoms with Crippen LogP contribution in [-0.4, -0.2) is 12.2 Å². The van der Waals surface area contributed by atoms with Crippen molar-refractivity contribution in [3.63, 3.8) is 0 Å². The van der Waals surface area contributed by atoms with Crippen molar-refractivity contribution < 1.29 is 9.84 Å². The SMILES string of the molecule is COc1cc(CNCc2ccc(Br)s2)ccc1O. The molecule has 2 rings (SSSR count). The second kappa shape index (κ2) is 6.22. The minimum absolute atomic E-state index is 0.170. The Morgan fingerprint density at radius 3 is 2.78 bits per heavy atom. The number of aromatic hydroxyl groups is 1. The standard InChI is InChI=1S/C13H14BrNO2S/c1-17-12-6-9(2-4-11(12)16)7-15-8-10-3-5-13(14)18-10/h2-6,15-16H,7-8H2,1H3. The first-order chi connectivity index (χ1) is 8.69. The van der Waals surface area contributed by atoms with E-state index in [1.807, 2.05) is 18.2 Å². The number of halogens is 1. The molecular weight excluding hydrogens is 314 g/mol. The van der Waals surface area contributed by atoms with Crippen LogP contribution in [0.15, 0.2) is 34.1 Å². The third kappa shape index (κ3) is 3.48. The van der Waals surface area contributed by atoms with Crippen LogP contribution in [0.1, 0.15) is 10.4 Å². The molecule has 0 aliphatic carbocycles. The molecule has 0 aliphatic heterocycles. The molecule has 0 radical (unpaired) electrons. The van der Waals surface area contributed by atoms with Crippen molar-refractivity contribution in [1.82, 2.24) is 5.32 Å². The second-order valence-electron chi connectivity index (χ2n) is 3.82. The van der Waals surface area contributed by atoms with Crippen LogP contribution in [0.3, 0.4) is 0 Å². The maximum Gasteiger partial charge on any atom is 0.160 e. The van der Waals surface area contributed by atoms with Crippen LogP contribution in [-0.2, 0) is 13.1 Å². The van der Waals surface area contributed by atoms with Crippen LogP contribution in [0.25, 0.3) is 0 Å². The van der Waals surface area contributed by atoms with E-state index >= 15 is 0 Å². The fourth-order valence-corrected chi connectivity index (χ4v) is 3.06. The number of ether oxygens (including phenoxy) is 1. The van der Waals surface area contributed by atoms with Crippen LogP contribution < -0.4 is 10.1 Å². The van der Waals surface area contributed by atoms with Gasteiger partial charge >= 0.3 is 0 Å². The van der Waals surface area contributed by atoms with Crippen LogP contribution in [0, 0.1) is 0 Å². The van der Waals surface area contributed by atoms with Gasteiger partial charge in [-0.1, -0.05) is 6.07 Å². The number of hydrogen-bond acceptors (Lipinski definition) is 4. The summed E-state index contributed by atoms with van der Waals surface area (Å²) in [5.41, 5.74) is 1.08. The number of phenolic OH excluding ortho intramolecular Hbond substituents is 1. The molecule has 18 heavy (non-hydrogen) atoms. The quantitative estimate of drug-likeness (QED) is 0.882. The molecular formula is C13H14BrNO2S. The van der Waals surface area contributed by atoms with E-state index in [9.17, 15) is 5.11 Å². The number of thiophene rings is 1. The molecule has 0 aliphatic rings. The predicted molar refractivity (Wildman–Crippen MR) is 77.2 cm³/mol. The minimum Gasteiger partial charge on any atom is -0.504 e. The molecule has 5 heteroatoms. The van der Waals surface area contributed by atoms with Gasteiger partial charge in [0, 0.05) is 18.0 Å². The van der Waals surface area contributed by atoms with Gasteiger partial charge in [-0.3, -0.25) is 0 Å². The Labute approximate surface area is 119 Å². The molecule has 1 aromatic heterocycles. The van der Waals surface area contributed by atoms with Gasteiger partial charge in [0.05, 0.1) is 10.9 Å². The van der Waals surface area contributed by atoms with Crippen molar-refractivity contribution in [2.24, 2.45) is 0 Å². The molecule has 96 valence electrons. The molecule has 0 spiro atoms. The summed E-state index contributed by atoms with van der Waals surface area (Å²) < 4.78 is 6.22. The zero-order chi connectivity index (χ0) is 13.0. The molecule has 0 amide bonds. The number of nitrogens with one attached hydrogen (secondary N) is 1. The Kier molecular flexibility index (Phi) is 4.63. The maximum absolute atomic E-state index is 9.49. The first-order valence-electron chi connectivity index (χ1n) is 5.50. The van der Waals surface area contributed by atoms with E-state index in [4.69, 9.17) is 4.74 Å². The highest BCUT2D eigenvalue weighted by molar-refractivity contribution is 9.11. The molecule has 1 heterocycles. The van der Waals surface area contributed by atoms with Crippen molar-refractivity contribution in [3.05, 3.63) is 44.6 Å². The molecule has 0 saturated heterocycles. The summed E-state index contributed by atoms with van der Waals surface area (Å²) in [6.45, 7) is 1.58. The van der Waals surface area contributed by atoms with Crippen molar-refractivity contribution in [2.45, 2.75) is 13.1 Å². The lowest BCUT2D eigenvalue weighted by atomic mass is 10.2. The molecule has 2 aromatic rings. The van der Waals surface area contributed by atoms with E-state index in [0.717, 1.165) is 22.4 Å². The Bertz CT molecular complexity index is 527. The lowest BCUT2D eigenvalue weighted by Crippen LogP contribution is -2.11. The van der Waals surface area contributed by atoms with Gasteiger partial charge < -0.3 is 15.2 Å². The van der Waals surface area contributed by atoms with E-state index in [2.05, 4.69) is 27.3 Å². The number of methoxy groups -OCH3 is 1. The number of phenols is 1. The van der Waals surface area contributed by atoms with Crippen molar-refractivity contribution in [2.75, 3.05) is 7.11 Å². The van der Waals surface area contributed by atoms with Crippen LogP contribution in [0.5, 0.6) is 11.5 Å². The molecule has 2 N–H and O–H groups in total. The van der Waals surface area contributed by atoms with E-state index in [-0.39, 0.29) is 5.75 Å². The molecule has 0 fully saturated rings. The highest BCUT2D eigenvalue weighted by Gasteiger charge is 2.03. The average molecular weight is 328 g/mol. The third-order valence-corrected chi connectivity index (χ3v) is 4.12. The molecule has 1 aromatic carbocycles. The summed E-state index contributed by atoms with van der Waals surface area (Å²) in [6.07, 6.45) is 0. The first kappa shape index (κ1) is 13.4. The van der Waals surface area contributed by atoms with Gasteiger partial charge in [0.25, 0.3) is 0 Å². The molecule has 0 unspecified atom stereocenters. The summed E-state index contributed by atoms with van der Waals surface area (Å²) in [5, 5.41) is 12.8. The lowest BCUT2D eigenvalue weighted by molar-refractivity contribution is 0.373. The summed E-state index contributed by atoms with van der Waals surface area (Å²) in [7, 11) is 1.55. The van der Waals surface area contributed by atoms with Gasteiger partial charge in [0.1, 0.15) is 0 Å². The van der Waals surface area contributed by atoms with E-state index in [1.165, 1.54) is 4.88 Å². The normalized spacial score (nSPS) is 10.6. The summed E-state index contributed by atoms with van der Waals surface area (Å²) in [4.78, 5) is 1.28. The summed E-state index contributed by atoms with van der Waals surface area (Å²) in [6, 6.07) is 9.52. The number of benzene rings is 1. The van der Waals surface area contributed by atoms with Gasteiger partial charge in [0.15, 0.2) is 11.5 Å². The highest BCUT2D eigenvalue weighted by Crippen LogP contribution is 2.26. The van der Waals surface area contributed by atoms with Gasteiger partial charge in [-0.25, -0.2) is 0 Å². The Morgan fingerprint density at radius 1 is 1.28 bits per heavy atom. The smallest absolute Gasteiger partial charge is 0.160 e. The third-order valence-electron chi connectivity index (χ3n) is 2.50. The predicted octanol–water partition coefficient (Wildman–Crippen LogP) is 3.51. The molecule has 0 atom stereocenters.